The van der Waals surface area contributed by atoms with Gasteiger partial charge in [0.2, 0.25) is 0 Å². The second kappa shape index (κ2) is 9.43. The molecule has 0 amide bonds. The molecular formula is C23H18ClFN2O3S. The van der Waals surface area contributed by atoms with E-state index >= 15 is 0 Å². The van der Waals surface area contributed by atoms with Crippen molar-refractivity contribution >= 4 is 28.9 Å². The Morgan fingerprint density at radius 3 is 2.55 bits per heavy atom. The molecule has 0 saturated carbocycles. The van der Waals surface area contributed by atoms with E-state index in [9.17, 15) is 9.18 Å². The summed E-state index contributed by atoms with van der Waals surface area (Å²) in [7, 11) is 0. The maximum absolute atomic E-state index is 13.8. The van der Waals surface area contributed by atoms with Crippen LogP contribution in [-0.4, -0.2) is 20.6 Å². The molecule has 0 saturated heterocycles. The number of benzene rings is 2. The van der Waals surface area contributed by atoms with E-state index in [0.29, 0.717) is 22.1 Å². The van der Waals surface area contributed by atoms with Gasteiger partial charge >= 0.3 is 5.97 Å². The van der Waals surface area contributed by atoms with E-state index < -0.39 is 5.97 Å². The van der Waals surface area contributed by atoms with Crippen molar-refractivity contribution in [2.75, 3.05) is 0 Å². The largest absolute Gasteiger partial charge is 0.478 e. The van der Waals surface area contributed by atoms with Crippen molar-refractivity contribution in [1.29, 1.82) is 0 Å². The van der Waals surface area contributed by atoms with Gasteiger partial charge in [0, 0.05) is 18.3 Å². The number of nitrogens with zero attached hydrogens (tertiary/aromatic N) is 2. The Bertz CT molecular complexity index is 1200. The first-order valence-electron chi connectivity index (χ1n) is 9.45. The summed E-state index contributed by atoms with van der Waals surface area (Å²) in [6.45, 7) is 0.882. The molecule has 2 aromatic carbocycles. The molecule has 4 rings (SSSR count). The number of rotatable bonds is 8. The fourth-order valence-electron chi connectivity index (χ4n) is 3.12. The minimum Gasteiger partial charge on any atom is -0.478 e. The summed E-state index contributed by atoms with van der Waals surface area (Å²) < 4.78 is 22.1. The Morgan fingerprint density at radius 1 is 1.10 bits per heavy atom. The van der Waals surface area contributed by atoms with E-state index in [4.69, 9.17) is 26.4 Å². The van der Waals surface area contributed by atoms with E-state index in [2.05, 4.69) is 0 Å². The van der Waals surface area contributed by atoms with Crippen LogP contribution in [0.15, 0.2) is 66.9 Å². The van der Waals surface area contributed by atoms with Gasteiger partial charge < -0.3 is 14.4 Å². The number of imidazole rings is 1. The van der Waals surface area contributed by atoms with E-state index in [1.807, 2.05) is 22.9 Å². The number of carboxylic acids is 1. The monoisotopic (exact) mass is 456 g/mol. The van der Waals surface area contributed by atoms with Crippen LogP contribution >= 0.6 is 22.9 Å². The second-order valence-electron chi connectivity index (χ2n) is 6.87. The van der Waals surface area contributed by atoms with Gasteiger partial charge in [-0.3, -0.25) is 0 Å². The lowest BCUT2D eigenvalue weighted by atomic mass is 10.1. The van der Waals surface area contributed by atoms with E-state index in [-0.39, 0.29) is 24.6 Å². The third kappa shape index (κ3) is 5.19. The molecule has 0 unspecified atom stereocenters. The first kappa shape index (κ1) is 21.2. The maximum Gasteiger partial charge on any atom is 0.335 e. The molecule has 8 heteroatoms. The molecule has 0 aliphatic rings. The summed E-state index contributed by atoms with van der Waals surface area (Å²) in [4.78, 5) is 16.7. The van der Waals surface area contributed by atoms with E-state index in [0.717, 1.165) is 16.3 Å². The minimum atomic E-state index is -0.961. The molecule has 4 aromatic rings. The molecule has 0 fully saturated rings. The predicted octanol–water partition coefficient (Wildman–Crippen LogP) is 5.87. The van der Waals surface area contributed by atoms with Gasteiger partial charge in [-0.1, -0.05) is 41.9 Å². The summed E-state index contributed by atoms with van der Waals surface area (Å²) in [5.41, 5.74) is 2.37. The molecular weight excluding hydrogens is 439 g/mol. The molecule has 31 heavy (non-hydrogen) atoms. The number of carbonyl (C=O) groups is 1. The topological polar surface area (TPSA) is 64.3 Å². The Morgan fingerprint density at radius 2 is 1.87 bits per heavy atom. The molecule has 0 spiro atoms. The van der Waals surface area contributed by atoms with Crippen LogP contribution in [0.3, 0.4) is 0 Å². The molecule has 1 N–H and O–H groups in total. The van der Waals surface area contributed by atoms with Crippen LogP contribution in [0.4, 0.5) is 4.39 Å². The third-order valence-electron chi connectivity index (χ3n) is 4.64. The van der Waals surface area contributed by atoms with Crippen LogP contribution in [0.5, 0.6) is 0 Å². The van der Waals surface area contributed by atoms with Gasteiger partial charge in [0.15, 0.2) is 5.82 Å². The summed E-state index contributed by atoms with van der Waals surface area (Å²) in [6, 6.07) is 16.9. The number of thiophene rings is 1. The summed E-state index contributed by atoms with van der Waals surface area (Å²) >= 11 is 7.53. The van der Waals surface area contributed by atoms with Gasteiger partial charge in [-0.25, -0.2) is 14.2 Å². The lowest BCUT2D eigenvalue weighted by Crippen LogP contribution is -2.02. The minimum absolute atomic E-state index is 0.149. The van der Waals surface area contributed by atoms with Crippen molar-refractivity contribution in [2.24, 2.45) is 0 Å². The first-order valence-corrected chi connectivity index (χ1v) is 10.6. The van der Waals surface area contributed by atoms with Gasteiger partial charge in [-0.15, -0.1) is 11.3 Å². The number of hydrogen-bond acceptors (Lipinski definition) is 4. The van der Waals surface area contributed by atoms with Crippen LogP contribution in [0.2, 0.25) is 4.34 Å². The highest BCUT2D eigenvalue weighted by Crippen LogP contribution is 2.31. The number of aromatic carboxylic acids is 1. The SMILES string of the molecule is O=C(O)c1ccc(Cn2cc(COCc3ccccc3F)nc2-c2ccc(Cl)s2)cc1. The predicted molar refractivity (Wildman–Crippen MR) is 118 cm³/mol. The number of hydrogen-bond donors (Lipinski definition) is 1. The quantitative estimate of drug-likeness (QED) is 0.360. The molecule has 0 atom stereocenters. The van der Waals surface area contributed by atoms with E-state index in [1.165, 1.54) is 17.4 Å². The Kier molecular flexibility index (Phi) is 6.46. The molecule has 0 aliphatic heterocycles. The number of carboxylic acid groups (broad SMARTS) is 1. The van der Waals surface area contributed by atoms with Crippen LogP contribution in [0.25, 0.3) is 10.7 Å². The molecule has 158 valence electrons. The first-order chi connectivity index (χ1) is 15.0. The van der Waals surface area contributed by atoms with Crippen molar-refractivity contribution < 1.29 is 19.0 Å². The van der Waals surface area contributed by atoms with Crippen molar-refractivity contribution in [3.63, 3.8) is 0 Å². The van der Waals surface area contributed by atoms with Gasteiger partial charge in [-0.05, 0) is 35.9 Å². The summed E-state index contributed by atoms with van der Waals surface area (Å²) in [6.07, 6.45) is 1.88. The highest BCUT2D eigenvalue weighted by Gasteiger charge is 2.14. The molecule has 0 bridgehead atoms. The second-order valence-corrected chi connectivity index (χ2v) is 8.59. The Hall–Kier alpha value is -3.00. The molecule has 0 radical (unpaired) electrons. The highest BCUT2D eigenvalue weighted by molar-refractivity contribution is 7.19. The fourth-order valence-corrected chi connectivity index (χ4v) is 4.17. The van der Waals surface area contributed by atoms with Crippen molar-refractivity contribution in [2.45, 2.75) is 19.8 Å². The standard InChI is InChI=1S/C23H18ClFN2O3S/c24-21-10-9-20(31-21)22-26-18(14-30-13-17-3-1-2-4-19(17)25)12-27(22)11-15-5-7-16(8-6-15)23(28)29/h1-10,12H,11,13-14H2,(H,28,29). The maximum atomic E-state index is 13.8. The lowest BCUT2D eigenvalue weighted by molar-refractivity contribution is 0.0697. The summed E-state index contributed by atoms with van der Waals surface area (Å²) in [5, 5.41) is 9.08. The Labute approximate surface area is 187 Å². The van der Waals surface area contributed by atoms with Crippen molar-refractivity contribution in [1.82, 2.24) is 9.55 Å². The van der Waals surface area contributed by atoms with Crippen LogP contribution in [-0.2, 0) is 24.5 Å². The van der Waals surface area contributed by atoms with Gasteiger partial charge in [0.05, 0.1) is 33.7 Å². The molecule has 0 aliphatic carbocycles. The lowest BCUT2D eigenvalue weighted by Gasteiger charge is -2.07. The van der Waals surface area contributed by atoms with Crippen LogP contribution in [0, 0.1) is 5.82 Å². The number of halogens is 2. The average molecular weight is 457 g/mol. The third-order valence-corrected chi connectivity index (χ3v) is 5.87. The highest BCUT2D eigenvalue weighted by atomic mass is 35.5. The van der Waals surface area contributed by atoms with E-state index in [1.54, 1.807) is 42.5 Å². The normalized spacial score (nSPS) is 11.0. The summed E-state index contributed by atoms with van der Waals surface area (Å²) in [5.74, 6) is -0.521. The zero-order valence-corrected chi connectivity index (χ0v) is 17.9. The smallest absolute Gasteiger partial charge is 0.335 e. The fraction of sp³-hybridized carbons (Fsp3) is 0.130. The van der Waals surface area contributed by atoms with Crippen LogP contribution in [0.1, 0.15) is 27.2 Å². The number of aromatic nitrogens is 2. The zero-order chi connectivity index (χ0) is 21.8. The molecule has 2 heterocycles. The van der Waals surface area contributed by atoms with Gasteiger partial charge in [-0.2, -0.15) is 0 Å². The zero-order valence-electron chi connectivity index (χ0n) is 16.3. The molecule has 5 nitrogen and oxygen atoms in total. The number of ether oxygens (including phenoxy) is 1. The van der Waals surface area contributed by atoms with Gasteiger partial charge in [0.25, 0.3) is 0 Å². The average Bonchev–Trinajstić information content (AvgIpc) is 3.36. The van der Waals surface area contributed by atoms with Crippen molar-refractivity contribution in [3.05, 3.63) is 99.4 Å². The Balaban J connectivity index is 1.54. The van der Waals surface area contributed by atoms with Crippen LogP contribution < -0.4 is 0 Å². The van der Waals surface area contributed by atoms with Crippen molar-refractivity contribution in [3.8, 4) is 10.7 Å². The van der Waals surface area contributed by atoms with Gasteiger partial charge in [0.1, 0.15) is 5.82 Å². The molecule has 2 aromatic heterocycles.